The van der Waals surface area contributed by atoms with Crippen LogP contribution in [0, 0.1) is 9.93 Å². The molecule has 0 heterocycles. The molecule has 0 unspecified atom stereocenters. The summed E-state index contributed by atoms with van der Waals surface area (Å²) in [6.45, 7) is 0. The minimum absolute atomic E-state index is 0. The van der Waals surface area contributed by atoms with E-state index in [2.05, 4.69) is 0 Å². The highest BCUT2D eigenvalue weighted by Gasteiger charge is 0.748. The minimum atomic E-state index is 0. The van der Waals surface area contributed by atoms with Crippen LogP contribution >= 0.6 is 0 Å². The monoisotopic (exact) mass is 182 g/mol. The first-order valence-corrected chi connectivity index (χ1v) is 0.567. The summed E-state index contributed by atoms with van der Waals surface area (Å²) in [5, 5.41) is 24.0. The molecule has 0 rings (SSSR count). The maximum Gasteiger partial charge on any atom is 0 e. The Balaban J connectivity index is -0.00000000167. The molecule has 7 heteroatoms. The number of hydrogen-bond acceptors (Lipinski definition) is 6. The summed E-state index contributed by atoms with van der Waals surface area (Å²) in [4.78, 5) is 14.0. The molecule has 0 aliphatic rings. The standard InChI is InChI=1S/4CH4.2H2O2.O2.H2O/c;;;;3*1-2;/h4*1H4;2*1-2H;;1H2. The molecule has 0 aromatic carbocycles. The van der Waals surface area contributed by atoms with Gasteiger partial charge in [0.25, 0.3) is 0 Å². The quantitative estimate of drug-likeness (QED) is 0.332. The zero-order chi connectivity index (χ0) is 6.00. The van der Waals surface area contributed by atoms with Gasteiger partial charge in [-0.1, -0.05) is 29.7 Å². The Morgan fingerprint density at radius 3 is 0.545 bits per heavy atom. The van der Waals surface area contributed by atoms with Crippen molar-refractivity contribution in [2.75, 3.05) is 0 Å². The van der Waals surface area contributed by atoms with Crippen LogP contribution < -0.4 is 0 Å². The average molecular weight is 182 g/mol. The van der Waals surface area contributed by atoms with Crippen molar-refractivity contribution in [2.24, 2.45) is 0 Å². The SMILES string of the molecule is C.C.C.C.O.O=O.OO.OO. The van der Waals surface area contributed by atoms with Crippen LogP contribution in [0.4, 0.5) is 0 Å². The van der Waals surface area contributed by atoms with Crippen molar-refractivity contribution in [3.05, 3.63) is 9.93 Å². The predicted molar refractivity (Wildman–Crippen MR) is 47.8 cm³/mol. The van der Waals surface area contributed by atoms with Crippen LogP contribution in [0.3, 0.4) is 0 Å². The summed E-state index contributed by atoms with van der Waals surface area (Å²) in [6, 6.07) is 0. The Kier molecular flexibility index (Phi) is 26700. The van der Waals surface area contributed by atoms with Crippen molar-refractivity contribution in [1.29, 1.82) is 0 Å². The van der Waals surface area contributed by atoms with Gasteiger partial charge in [-0.05, 0) is 0 Å². The Morgan fingerprint density at radius 2 is 0.545 bits per heavy atom. The van der Waals surface area contributed by atoms with E-state index < -0.39 is 0 Å². The fraction of sp³-hybridized carbons (Fsp3) is 1.00. The van der Waals surface area contributed by atoms with Crippen molar-refractivity contribution in [1.82, 2.24) is 0 Å². The van der Waals surface area contributed by atoms with Crippen molar-refractivity contribution in [3.63, 3.8) is 0 Å². The summed E-state index contributed by atoms with van der Waals surface area (Å²) < 4.78 is 0. The van der Waals surface area contributed by atoms with Gasteiger partial charge >= 0.3 is 0 Å². The molecule has 11 heavy (non-hydrogen) atoms. The summed E-state index contributed by atoms with van der Waals surface area (Å²) in [5.41, 5.74) is 0. The summed E-state index contributed by atoms with van der Waals surface area (Å²) in [7, 11) is 0. The van der Waals surface area contributed by atoms with Gasteiger partial charge in [0.05, 0.1) is 0 Å². The smallest absolute Gasteiger partial charge is 0 e. The van der Waals surface area contributed by atoms with Crippen molar-refractivity contribution in [2.45, 2.75) is 29.7 Å². The molecule has 0 radical (unpaired) electrons. The van der Waals surface area contributed by atoms with E-state index in [9.17, 15) is 0 Å². The highest BCUT2D eigenvalue weighted by molar-refractivity contribution is 4.07. The van der Waals surface area contributed by atoms with Gasteiger partial charge in [-0.15, -0.1) is 0 Å². The molecule has 0 bridgehead atoms. The lowest BCUT2D eigenvalue weighted by molar-refractivity contribution is -0.176. The van der Waals surface area contributed by atoms with Gasteiger partial charge in [0.1, 0.15) is 0 Å². The van der Waals surface area contributed by atoms with Crippen LogP contribution in [0.15, 0.2) is 0 Å². The second kappa shape index (κ2) is 1840. The predicted octanol–water partition coefficient (Wildman–Crippen LogP) is 1.82. The average Bonchev–Trinajstić information content (AvgIpc) is 1.81. The Hall–Kier alpha value is -0.600. The fourth-order valence-electron chi connectivity index (χ4n) is 0. The van der Waals surface area contributed by atoms with Gasteiger partial charge < -0.3 is 5.48 Å². The van der Waals surface area contributed by atoms with Crippen molar-refractivity contribution < 1.29 is 26.5 Å². The summed E-state index contributed by atoms with van der Waals surface area (Å²) in [6.07, 6.45) is 0. The number of rotatable bonds is 0. The number of hydrogen-bond donors (Lipinski definition) is 4. The van der Waals surface area contributed by atoms with Crippen LogP contribution in [0.25, 0.3) is 0 Å². The molecular weight excluding hydrogens is 160 g/mol. The third-order valence-corrected chi connectivity index (χ3v) is 0. The lowest BCUT2D eigenvalue weighted by Gasteiger charge is -1.25. The van der Waals surface area contributed by atoms with E-state index in [1.807, 2.05) is 0 Å². The van der Waals surface area contributed by atoms with Crippen LogP contribution in [-0.2, 0) is 0 Å². The van der Waals surface area contributed by atoms with Gasteiger partial charge in [0.15, 0.2) is 0 Å². The lowest BCUT2D eigenvalue weighted by atomic mass is 12.0. The van der Waals surface area contributed by atoms with Crippen LogP contribution in [0.2, 0.25) is 0 Å². The second-order valence-corrected chi connectivity index (χ2v) is 0. The van der Waals surface area contributed by atoms with Crippen LogP contribution in [0.5, 0.6) is 0 Å². The largest absolute Gasteiger partial charge is 0.412 e. The van der Waals surface area contributed by atoms with E-state index in [-0.39, 0.29) is 35.2 Å². The van der Waals surface area contributed by atoms with E-state index in [1.165, 1.54) is 0 Å². The molecule has 6 N–H and O–H groups in total. The minimum Gasteiger partial charge on any atom is -0.412 e. The topological polar surface area (TPSA) is 147 Å². The van der Waals surface area contributed by atoms with Gasteiger partial charge in [-0.3, -0.25) is 21.0 Å². The van der Waals surface area contributed by atoms with E-state index in [0.717, 1.165) is 0 Å². The van der Waals surface area contributed by atoms with E-state index >= 15 is 0 Å². The fourth-order valence-corrected chi connectivity index (χ4v) is 0. The first-order valence-electron chi connectivity index (χ1n) is 0.567. The molecule has 0 saturated heterocycles. The maximum absolute atomic E-state index is 7.00. The molecule has 0 atom stereocenters. The zero-order valence-corrected chi connectivity index (χ0v) is 3.11. The molecule has 0 saturated carbocycles. The molecule has 0 aliphatic carbocycles. The van der Waals surface area contributed by atoms with Crippen molar-refractivity contribution >= 4 is 0 Å². The highest BCUT2D eigenvalue weighted by Crippen LogP contribution is 0.741. The first kappa shape index (κ1) is 160. The molecule has 0 spiro atoms. The van der Waals surface area contributed by atoms with Crippen LogP contribution in [0.1, 0.15) is 29.7 Å². The van der Waals surface area contributed by atoms with Crippen molar-refractivity contribution in [3.8, 4) is 0 Å². The third kappa shape index (κ3) is 1430. The van der Waals surface area contributed by atoms with E-state index in [0.29, 0.717) is 0 Å². The molecule has 7 nitrogen and oxygen atoms in total. The van der Waals surface area contributed by atoms with Crippen LogP contribution in [-0.4, -0.2) is 26.5 Å². The molecule has 0 fully saturated rings. The molecule has 0 aromatic heterocycles. The second-order valence-electron chi connectivity index (χ2n) is 0. The van der Waals surface area contributed by atoms with Gasteiger partial charge in [-0.2, -0.15) is 0 Å². The Bertz CT molecular complexity index is 10.4. The highest BCUT2D eigenvalue weighted by atomic mass is 17.0. The molecule has 0 aliphatic heterocycles. The van der Waals surface area contributed by atoms with Gasteiger partial charge in [0.2, 0.25) is 0 Å². The lowest BCUT2D eigenvalue weighted by Crippen LogP contribution is -1.29. The Morgan fingerprint density at radius 1 is 0.545 bits per heavy atom. The van der Waals surface area contributed by atoms with Gasteiger partial charge in [-0.25, -0.2) is 0 Å². The maximum atomic E-state index is 7.00. The summed E-state index contributed by atoms with van der Waals surface area (Å²) >= 11 is 0. The van der Waals surface area contributed by atoms with Gasteiger partial charge in [0, 0.05) is 9.93 Å². The zero-order valence-electron chi connectivity index (χ0n) is 3.11. The normalized spacial score (nSPS) is 1.45. The molecular formula is C4H22O7. The Labute approximate surface area is 67.3 Å². The van der Waals surface area contributed by atoms with E-state index in [1.54, 1.807) is 0 Å². The van der Waals surface area contributed by atoms with E-state index in [4.69, 9.17) is 31.0 Å². The molecule has 80 valence electrons. The molecule has 0 amide bonds. The third-order valence-electron chi connectivity index (χ3n) is 0. The first-order chi connectivity index (χ1) is 3.00. The molecule has 0 aromatic rings. The summed E-state index contributed by atoms with van der Waals surface area (Å²) in [5.74, 6) is 0.